The number of alkyl carbamates (subject to hydrolysis) is 2. The molecule has 57 heavy (non-hydrogen) atoms. The number of aliphatic hydroxyl groups excluding tert-OH is 1. The van der Waals surface area contributed by atoms with E-state index in [4.69, 9.17) is 14.5 Å². The number of benzene rings is 2. The lowest BCUT2D eigenvalue weighted by Crippen LogP contribution is -2.55. The molecule has 2 aromatic rings. The summed E-state index contributed by atoms with van der Waals surface area (Å²) in [6.45, 7) is 7.62. The molecule has 302 valence electrons. The van der Waals surface area contributed by atoms with Crippen molar-refractivity contribution in [3.63, 3.8) is 0 Å². The van der Waals surface area contributed by atoms with Crippen molar-refractivity contribution in [2.24, 2.45) is 10.9 Å². The number of methoxy groups -OCH3 is 2. The summed E-state index contributed by atoms with van der Waals surface area (Å²) >= 11 is 0. The van der Waals surface area contributed by atoms with Gasteiger partial charge in [0.2, 0.25) is 11.8 Å². The molecule has 0 aromatic heterocycles. The molecule has 0 saturated carbocycles. The molecule has 2 aromatic carbocycles. The quantitative estimate of drug-likeness (QED) is 0.270. The normalized spacial score (nSPS) is 22.0. The van der Waals surface area contributed by atoms with Crippen LogP contribution in [0.25, 0.3) is 22.3 Å². The molecule has 5 atom stereocenters. The monoisotopic (exact) mass is 779 g/mol. The molecule has 7 rings (SSSR count). The van der Waals surface area contributed by atoms with Gasteiger partial charge in [-0.2, -0.15) is 0 Å². The molecule has 4 amide bonds. The van der Waals surface area contributed by atoms with E-state index in [1.165, 1.54) is 43.4 Å². The molecule has 0 unspecified atom stereocenters. The third kappa shape index (κ3) is 8.13. The Balaban J connectivity index is 0.992. The van der Waals surface area contributed by atoms with Crippen LogP contribution in [0.15, 0.2) is 76.4 Å². The number of hydrogen-bond acceptors (Lipinski definition) is 9. The Kier molecular flexibility index (Phi) is 12.0. The summed E-state index contributed by atoms with van der Waals surface area (Å²) in [5, 5.41) is 15.5. The van der Waals surface area contributed by atoms with Crippen LogP contribution in [0.4, 0.5) is 9.59 Å². The van der Waals surface area contributed by atoms with Crippen LogP contribution in [0.5, 0.6) is 0 Å². The third-order valence-electron chi connectivity index (χ3n) is 12.0. The fourth-order valence-electron chi connectivity index (χ4n) is 8.95. The summed E-state index contributed by atoms with van der Waals surface area (Å²) in [4.78, 5) is 59.6. The molecule has 3 fully saturated rings. The number of aliphatic hydroxyl groups is 1. The zero-order chi connectivity index (χ0) is 40.4. The fraction of sp³-hybridized carbons (Fsp3) is 0.477. The maximum absolute atomic E-state index is 13.8. The number of nitrogens with zero attached hydrogens (tertiary/aromatic N) is 3. The maximum atomic E-state index is 13.8. The number of hydrogen-bond donors (Lipinski definition) is 3. The van der Waals surface area contributed by atoms with Crippen LogP contribution in [0, 0.1) is 5.92 Å². The topological polar surface area (TPSA) is 159 Å². The van der Waals surface area contributed by atoms with Gasteiger partial charge in [0.05, 0.1) is 45.6 Å². The maximum Gasteiger partial charge on any atom is 0.407 e. The van der Waals surface area contributed by atoms with Gasteiger partial charge in [0.1, 0.15) is 12.1 Å². The number of aliphatic imine (C=N–C) groups is 1. The molecule has 4 heterocycles. The number of amides is 4. The minimum Gasteiger partial charge on any atom is -0.453 e. The second-order valence-corrected chi connectivity index (χ2v) is 15.8. The highest BCUT2D eigenvalue weighted by Gasteiger charge is 2.42. The lowest BCUT2D eigenvalue weighted by Gasteiger charge is -2.32. The Labute approximate surface area is 333 Å². The molecule has 1 aliphatic carbocycles. The van der Waals surface area contributed by atoms with Gasteiger partial charge in [-0.1, -0.05) is 62.4 Å². The van der Waals surface area contributed by atoms with Crippen molar-refractivity contribution in [1.82, 2.24) is 20.4 Å². The van der Waals surface area contributed by atoms with Crippen LogP contribution in [0.3, 0.4) is 0 Å². The second kappa shape index (κ2) is 17.1. The van der Waals surface area contributed by atoms with Crippen molar-refractivity contribution in [1.29, 1.82) is 0 Å². The molecule has 5 aliphatic rings. The van der Waals surface area contributed by atoms with E-state index in [2.05, 4.69) is 63.9 Å². The number of nitrogens with one attached hydrogen (secondary N) is 2. The molecule has 3 saturated heterocycles. The average Bonchev–Trinajstić information content (AvgIpc) is 4.07. The van der Waals surface area contributed by atoms with E-state index >= 15 is 0 Å². The van der Waals surface area contributed by atoms with Gasteiger partial charge in [-0.25, -0.2) is 9.59 Å². The van der Waals surface area contributed by atoms with Crippen LogP contribution in [0.2, 0.25) is 0 Å². The molecule has 3 N–H and O–H groups in total. The summed E-state index contributed by atoms with van der Waals surface area (Å²) in [6, 6.07) is 15.1. The van der Waals surface area contributed by atoms with Gasteiger partial charge in [0.15, 0.2) is 0 Å². The van der Waals surface area contributed by atoms with Gasteiger partial charge < -0.3 is 39.8 Å². The number of carbonyl (C=O) groups is 4. The van der Waals surface area contributed by atoms with Crippen LogP contribution in [-0.2, 0) is 23.8 Å². The number of likely N-dealkylation sites (tertiary alicyclic amines) is 2. The highest BCUT2D eigenvalue weighted by atomic mass is 16.5. The van der Waals surface area contributed by atoms with E-state index in [1.54, 1.807) is 4.90 Å². The fourth-order valence-corrected chi connectivity index (χ4v) is 8.95. The summed E-state index contributed by atoms with van der Waals surface area (Å²) in [5.74, 6) is -0.503. The number of ether oxygens (including phenoxy) is 3. The SMILES string of the molecule is COC(=O)N[C@H](C(=O)N1CCC[C@H]1C1=C2COCC2=C(c2ccc(-c3ccc(C4=CN=C([C@@H]5CCCN5C(=O)[C@@H](NC(=O)OC)[C@@H](C)O)C4)cc3)cc2)C1)C(C)C. The minimum absolute atomic E-state index is 0.0333. The lowest BCUT2D eigenvalue weighted by atomic mass is 9.94. The molecule has 0 bridgehead atoms. The average molecular weight is 780 g/mol. The Morgan fingerprint density at radius 1 is 0.719 bits per heavy atom. The first-order chi connectivity index (χ1) is 27.5. The van der Waals surface area contributed by atoms with Gasteiger partial charge in [-0.05, 0) is 95.1 Å². The van der Waals surface area contributed by atoms with Crippen molar-refractivity contribution in [2.75, 3.05) is 40.5 Å². The summed E-state index contributed by atoms with van der Waals surface area (Å²) < 4.78 is 15.5. The summed E-state index contributed by atoms with van der Waals surface area (Å²) in [5.41, 5.74) is 11.3. The van der Waals surface area contributed by atoms with Crippen molar-refractivity contribution >= 4 is 40.9 Å². The first-order valence-electron chi connectivity index (χ1n) is 20.0. The number of rotatable bonds is 11. The Hall–Kier alpha value is -5.27. The van der Waals surface area contributed by atoms with Crippen molar-refractivity contribution < 1.29 is 38.5 Å². The van der Waals surface area contributed by atoms with Gasteiger partial charge in [-0.15, -0.1) is 0 Å². The standard InChI is InChI=1S/C44H53N5O8/c1-25(2)39(46-43(53)55-4)41(51)48-18-6-8-37(48)33-21-32(34-23-57-24-35(33)34)30-16-14-28(15-17-30)27-10-12-29(13-11-27)31-20-36(45-22-31)38-9-7-19-49(38)42(52)40(26(3)50)47-44(54)56-5/h10-17,22,25-26,37-40,50H,6-9,18-21,23-24H2,1-5H3,(H,46,53)(H,47,54)/t26-,37+,38+,39+,40+/m1/s1. The molecule has 13 heteroatoms. The Bertz CT molecular complexity index is 2020. The van der Waals surface area contributed by atoms with Gasteiger partial charge in [0.25, 0.3) is 0 Å². The smallest absolute Gasteiger partial charge is 0.407 e. The van der Waals surface area contributed by atoms with Crippen LogP contribution in [0.1, 0.15) is 70.4 Å². The van der Waals surface area contributed by atoms with E-state index < -0.39 is 30.4 Å². The Morgan fingerprint density at radius 2 is 1.25 bits per heavy atom. The molecule has 13 nitrogen and oxygen atoms in total. The summed E-state index contributed by atoms with van der Waals surface area (Å²) in [6.07, 6.45) is 4.17. The van der Waals surface area contributed by atoms with E-state index in [1.807, 2.05) is 24.9 Å². The zero-order valence-corrected chi connectivity index (χ0v) is 33.4. The lowest BCUT2D eigenvalue weighted by molar-refractivity contribution is -0.136. The minimum atomic E-state index is -1.10. The number of allylic oxidation sites excluding steroid dienone is 2. The van der Waals surface area contributed by atoms with Crippen LogP contribution < -0.4 is 10.6 Å². The first kappa shape index (κ1) is 39.9. The highest BCUT2D eigenvalue weighted by molar-refractivity contribution is 6.04. The molecule has 0 spiro atoms. The van der Waals surface area contributed by atoms with E-state index in [-0.39, 0.29) is 29.8 Å². The number of carbonyl (C=O) groups excluding carboxylic acids is 4. The largest absolute Gasteiger partial charge is 0.453 e. The van der Waals surface area contributed by atoms with E-state index in [0.29, 0.717) is 32.7 Å². The van der Waals surface area contributed by atoms with Crippen molar-refractivity contribution in [3.8, 4) is 11.1 Å². The van der Waals surface area contributed by atoms with Crippen LogP contribution >= 0.6 is 0 Å². The second-order valence-electron chi connectivity index (χ2n) is 15.8. The molecular formula is C44H53N5O8. The van der Waals surface area contributed by atoms with Crippen molar-refractivity contribution in [2.45, 2.75) is 89.6 Å². The first-order valence-corrected chi connectivity index (χ1v) is 20.0. The zero-order valence-electron chi connectivity index (χ0n) is 33.4. The third-order valence-corrected chi connectivity index (χ3v) is 12.0. The predicted octanol–water partition coefficient (Wildman–Crippen LogP) is 5.49. The predicted molar refractivity (Wildman–Crippen MR) is 216 cm³/mol. The number of fused-ring (bicyclic) bond motifs is 1. The molecule has 0 radical (unpaired) electrons. The van der Waals surface area contributed by atoms with E-state index in [0.717, 1.165) is 65.6 Å². The van der Waals surface area contributed by atoms with Gasteiger partial charge >= 0.3 is 12.2 Å². The van der Waals surface area contributed by atoms with E-state index in [9.17, 15) is 24.3 Å². The highest BCUT2D eigenvalue weighted by Crippen LogP contribution is 2.46. The summed E-state index contributed by atoms with van der Waals surface area (Å²) in [7, 11) is 2.53. The van der Waals surface area contributed by atoms with Crippen molar-refractivity contribution in [3.05, 3.63) is 82.6 Å². The Morgan fingerprint density at radius 3 is 1.84 bits per heavy atom. The van der Waals surface area contributed by atoms with Crippen LogP contribution in [-0.4, -0.2) is 115 Å². The molecular weight excluding hydrogens is 727 g/mol. The van der Waals surface area contributed by atoms with Gasteiger partial charge in [0, 0.05) is 31.4 Å². The molecule has 4 aliphatic heterocycles. The van der Waals surface area contributed by atoms with Gasteiger partial charge in [-0.3, -0.25) is 14.6 Å².